The number of aromatic hydroxyl groups is 1. The van der Waals surface area contributed by atoms with Crippen LogP contribution in [0.4, 0.5) is 0 Å². The van der Waals surface area contributed by atoms with E-state index in [1.54, 1.807) is 24.3 Å². The predicted octanol–water partition coefficient (Wildman–Crippen LogP) is 1.96. The van der Waals surface area contributed by atoms with E-state index < -0.39 is 6.04 Å². The second kappa shape index (κ2) is 5.83. The molecule has 20 heavy (non-hydrogen) atoms. The molecule has 1 aromatic carbocycles. The van der Waals surface area contributed by atoms with Crippen LogP contribution in [0, 0.1) is 5.41 Å². The quantitative estimate of drug-likeness (QED) is 0.787. The van der Waals surface area contributed by atoms with Crippen molar-refractivity contribution >= 4 is 5.91 Å². The summed E-state index contributed by atoms with van der Waals surface area (Å²) in [6.45, 7) is 4.46. The van der Waals surface area contributed by atoms with Crippen LogP contribution in [-0.2, 0) is 11.2 Å². The first-order valence-corrected chi connectivity index (χ1v) is 7.20. The number of phenols is 1. The van der Waals surface area contributed by atoms with E-state index in [-0.39, 0.29) is 17.7 Å². The Labute approximate surface area is 120 Å². The maximum Gasteiger partial charge on any atom is 0.237 e. The van der Waals surface area contributed by atoms with E-state index in [4.69, 9.17) is 5.73 Å². The maximum absolute atomic E-state index is 12.1. The minimum absolute atomic E-state index is 0.0826. The Morgan fingerprint density at radius 2 is 2.10 bits per heavy atom. The van der Waals surface area contributed by atoms with Gasteiger partial charge < -0.3 is 16.2 Å². The number of benzene rings is 1. The molecule has 2 unspecified atom stereocenters. The van der Waals surface area contributed by atoms with E-state index in [1.807, 2.05) is 0 Å². The summed E-state index contributed by atoms with van der Waals surface area (Å²) in [5.41, 5.74) is 7.23. The number of rotatable bonds is 4. The average Bonchev–Trinajstić information content (AvgIpc) is 2.71. The van der Waals surface area contributed by atoms with E-state index in [0.717, 1.165) is 24.8 Å². The van der Waals surface area contributed by atoms with Crippen molar-refractivity contribution in [2.24, 2.45) is 11.1 Å². The molecular formula is C16H24N2O2. The normalized spacial score (nSPS) is 22.4. The summed E-state index contributed by atoms with van der Waals surface area (Å²) in [5.74, 6) is 0.140. The van der Waals surface area contributed by atoms with Gasteiger partial charge in [-0.25, -0.2) is 0 Å². The molecule has 0 saturated heterocycles. The number of carbonyl (C=O) groups excluding carboxylic acids is 1. The third-order valence-corrected chi connectivity index (χ3v) is 4.04. The van der Waals surface area contributed by atoms with Crippen LogP contribution >= 0.6 is 0 Å². The highest BCUT2D eigenvalue weighted by molar-refractivity contribution is 5.82. The highest BCUT2D eigenvalue weighted by atomic mass is 16.3. The molecule has 1 fully saturated rings. The lowest BCUT2D eigenvalue weighted by Gasteiger charge is -2.19. The van der Waals surface area contributed by atoms with E-state index in [1.165, 1.54) is 0 Å². The van der Waals surface area contributed by atoms with Crippen molar-refractivity contribution < 1.29 is 9.90 Å². The van der Waals surface area contributed by atoms with E-state index in [0.29, 0.717) is 11.8 Å². The first-order valence-electron chi connectivity index (χ1n) is 7.20. The van der Waals surface area contributed by atoms with Gasteiger partial charge in [0.05, 0.1) is 6.04 Å². The average molecular weight is 276 g/mol. The smallest absolute Gasteiger partial charge is 0.237 e. The first-order chi connectivity index (χ1) is 9.35. The molecule has 4 nitrogen and oxygen atoms in total. The van der Waals surface area contributed by atoms with Crippen molar-refractivity contribution in [2.45, 2.75) is 51.6 Å². The van der Waals surface area contributed by atoms with Crippen LogP contribution in [-0.4, -0.2) is 23.1 Å². The molecule has 0 aliphatic heterocycles. The van der Waals surface area contributed by atoms with Gasteiger partial charge in [0.1, 0.15) is 5.75 Å². The highest BCUT2D eigenvalue weighted by Crippen LogP contribution is 2.36. The van der Waals surface area contributed by atoms with Gasteiger partial charge in [-0.3, -0.25) is 4.79 Å². The van der Waals surface area contributed by atoms with E-state index >= 15 is 0 Å². The fraction of sp³-hybridized carbons (Fsp3) is 0.562. The monoisotopic (exact) mass is 276 g/mol. The lowest BCUT2D eigenvalue weighted by molar-refractivity contribution is -0.123. The summed E-state index contributed by atoms with van der Waals surface area (Å²) in [7, 11) is 0. The minimum atomic E-state index is -0.539. The van der Waals surface area contributed by atoms with Crippen molar-refractivity contribution in [1.29, 1.82) is 0 Å². The van der Waals surface area contributed by atoms with Crippen LogP contribution in [0.25, 0.3) is 0 Å². The van der Waals surface area contributed by atoms with Crippen LogP contribution in [0.5, 0.6) is 5.75 Å². The molecule has 2 atom stereocenters. The molecule has 1 amide bonds. The van der Waals surface area contributed by atoms with Crippen molar-refractivity contribution in [1.82, 2.24) is 5.32 Å². The van der Waals surface area contributed by atoms with Gasteiger partial charge in [0.15, 0.2) is 0 Å². The fourth-order valence-electron chi connectivity index (χ4n) is 2.85. The van der Waals surface area contributed by atoms with Gasteiger partial charge in [0.25, 0.3) is 0 Å². The largest absolute Gasteiger partial charge is 0.508 e. The van der Waals surface area contributed by atoms with Crippen LogP contribution in [0.15, 0.2) is 24.3 Å². The van der Waals surface area contributed by atoms with Crippen LogP contribution in [0.2, 0.25) is 0 Å². The summed E-state index contributed by atoms with van der Waals surface area (Å²) in [6, 6.07) is 6.52. The Morgan fingerprint density at radius 1 is 1.45 bits per heavy atom. The third kappa shape index (κ3) is 3.97. The molecule has 1 saturated carbocycles. The fourth-order valence-corrected chi connectivity index (χ4v) is 2.85. The zero-order valence-corrected chi connectivity index (χ0v) is 12.2. The zero-order chi connectivity index (χ0) is 14.8. The van der Waals surface area contributed by atoms with Crippen molar-refractivity contribution in [3.05, 3.63) is 29.8 Å². The van der Waals surface area contributed by atoms with Crippen molar-refractivity contribution in [3.63, 3.8) is 0 Å². The molecule has 1 aromatic rings. The molecule has 1 aliphatic rings. The maximum atomic E-state index is 12.1. The lowest BCUT2D eigenvalue weighted by Crippen LogP contribution is -2.45. The van der Waals surface area contributed by atoms with Gasteiger partial charge in [-0.1, -0.05) is 26.0 Å². The summed E-state index contributed by atoms with van der Waals surface area (Å²) < 4.78 is 0. The van der Waals surface area contributed by atoms with Gasteiger partial charge in [0, 0.05) is 6.04 Å². The number of phenolic OH excluding ortho intramolecular Hbond substituents is 1. The number of nitrogens with two attached hydrogens (primary N) is 1. The second-order valence-electron chi connectivity index (χ2n) is 6.59. The molecule has 4 heteroatoms. The Kier molecular flexibility index (Phi) is 4.33. The number of nitrogens with one attached hydrogen (secondary N) is 1. The van der Waals surface area contributed by atoms with Gasteiger partial charge >= 0.3 is 0 Å². The molecule has 0 radical (unpaired) electrons. The molecule has 0 bridgehead atoms. The summed E-state index contributed by atoms with van der Waals surface area (Å²) in [6.07, 6.45) is 3.68. The first kappa shape index (κ1) is 14.9. The summed E-state index contributed by atoms with van der Waals surface area (Å²) >= 11 is 0. The minimum Gasteiger partial charge on any atom is -0.508 e. The zero-order valence-electron chi connectivity index (χ0n) is 12.2. The number of carbonyl (C=O) groups is 1. The van der Waals surface area contributed by atoms with Gasteiger partial charge in [0.2, 0.25) is 5.91 Å². The molecular weight excluding hydrogens is 252 g/mol. The Balaban J connectivity index is 1.85. The number of amides is 1. The number of hydrogen-bond donors (Lipinski definition) is 3. The number of hydrogen-bond acceptors (Lipinski definition) is 3. The van der Waals surface area contributed by atoms with Crippen LogP contribution in [0.1, 0.15) is 38.7 Å². The predicted molar refractivity (Wildman–Crippen MR) is 79.3 cm³/mol. The highest BCUT2D eigenvalue weighted by Gasteiger charge is 2.32. The molecule has 0 aromatic heterocycles. The molecule has 1 aliphatic carbocycles. The molecule has 0 heterocycles. The Morgan fingerprint density at radius 3 is 2.65 bits per heavy atom. The molecule has 4 N–H and O–H groups in total. The third-order valence-electron chi connectivity index (χ3n) is 4.04. The van der Waals surface area contributed by atoms with Crippen molar-refractivity contribution in [2.75, 3.05) is 0 Å². The van der Waals surface area contributed by atoms with E-state index in [9.17, 15) is 9.90 Å². The summed E-state index contributed by atoms with van der Waals surface area (Å²) in [5, 5.41) is 12.3. The van der Waals surface area contributed by atoms with Gasteiger partial charge in [-0.05, 0) is 48.8 Å². The van der Waals surface area contributed by atoms with E-state index in [2.05, 4.69) is 19.2 Å². The topological polar surface area (TPSA) is 75.4 Å². The molecule has 110 valence electrons. The van der Waals surface area contributed by atoms with Crippen LogP contribution < -0.4 is 11.1 Å². The molecule has 0 spiro atoms. The standard InChI is InChI=1S/C16H24N2O2/c1-16(2)8-7-12(10-16)18-15(20)14(17)9-11-3-5-13(19)6-4-11/h3-6,12,14,19H,7-10,17H2,1-2H3,(H,18,20). The lowest BCUT2D eigenvalue weighted by atomic mass is 9.92. The molecule has 2 rings (SSSR count). The van der Waals surface area contributed by atoms with Gasteiger partial charge in [-0.2, -0.15) is 0 Å². The summed E-state index contributed by atoms with van der Waals surface area (Å²) in [4.78, 5) is 12.1. The van der Waals surface area contributed by atoms with Crippen molar-refractivity contribution in [3.8, 4) is 5.75 Å². The Hall–Kier alpha value is -1.55. The second-order valence-corrected chi connectivity index (χ2v) is 6.59. The van der Waals surface area contributed by atoms with Gasteiger partial charge in [-0.15, -0.1) is 0 Å². The van der Waals surface area contributed by atoms with Crippen LogP contribution in [0.3, 0.4) is 0 Å². The SMILES string of the molecule is CC1(C)CCC(NC(=O)C(N)Cc2ccc(O)cc2)C1. The Bertz CT molecular complexity index is 468.